The molecule has 0 aromatic carbocycles. The van der Waals surface area contributed by atoms with Crippen molar-refractivity contribution in [3.63, 3.8) is 0 Å². The molecular weight excluding hydrogens is 228 g/mol. The fourth-order valence-corrected chi connectivity index (χ4v) is 3.97. The molecular formula is C9H24O4Si2. The highest BCUT2D eigenvalue weighted by atomic mass is 28.4. The summed E-state index contributed by atoms with van der Waals surface area (Å²) in [5.74, 6) is -1.21. The van der Waals surface area contributed by atoms with Gasteiger partial charge < -0.3 is 19.1 Å². The lowest BCUT2D eigenvalue weighted by molar-refractivity contribution is -0.181. The van der Waals surface area contributed by atoms with E-state index in [1.54, 1.807) is 0 Å². The molecule has 0 aromatic heterocycles. The summed E-state index contributed by atoms with van der Waals surface area (Å²) in [6.45, 7) is 11.4. The highest BCUT2D eigenvalue weighted by Crippen LogP contribution is 2.23. The maximum absolute atomic E-state index is 9.34. The molecule has 0 heterocycles. The van der Waals surface area contributed by atoms with Crippen molar-refractivity contribution >= 4 is 16.6 Å². The van der Waals surface area contributed by atoms with Crippen molar-refractivity contribution in [3.05, 3.63) is 0 Å². The summed E-state index contributed by atoms with van der Waals surface area (Å²) in [4.78, 5) is 0. The summed E-state index contributed by atoms with van der Waals surface area (Å²) < 4.78 is 11.5. The third-order valence-electron chi connectivity index (χ3n) is 1.47. The van der Waals surface area contributed by atoms with Gasteiger partial charge in [-0.3, -0.25) is 0 Å². The van der Waals surface area contributed by atoms with Crippen LogP contribution < -0.4 is 0 Å². The van der Waals surface area contributed by atoms with E-state index in [2.05, 4.69) is 0 Å². The Bertz CT molecular complexity index is 173. The van der Waals surface area contributed by atoms with Gasteiger partial charge in [0.05, 0.1) is 13.2 Å². The largest absolute Gasteiger partial charge is 0.391 e. The number of aliphatic hydroxyl groups is 2. The van der Waals surface area contributed by atoms with E-state index < -0.39 is 22.4 Å². The number of rotatable bonds is 6. The van der Waals surface area contributed by atoms with Gasteiger partial charge in [0.1, 0.15) is 0 Å². The minimum atomic E-state index is -1.86. The van der Waals surface area contributed by atoms with Crippen molar-refractivity contribution in [1.82, 2.24) is 0 Å². The monoisotopic (exact) mass is 252 g/mol. The van der Waals surface area contributed by atoms with Crippen LogP contribution in [0.4, 0.5) is 0 Å². The van der Waals surface area contributed by atoms with E-state index in [4.69, 9.17) is 8.85 Å². The Kier molecular flexibility index (Phi) is 5.16. The Morgan fingerprint density at radius 2 is 1.07 bits per heavy atom. The second-order valence-corrected chi connectivity index (χ2v) is 14.5. The molecule has 0 saturated heterocycles. The zero-order valence-corrected chi connectivity index (χ0v) is 12.6. The summed E-state index contributed by atoms with van der Waals surface area (Å²) in [7, 11) is -3.71. The Hall–Kier alpha value is 0.274. The molecule has 0 atom stereocenters. The number of hydrogen-bond donors (Lipinski definition) is 2. The van der Waals surface area contributed by atoms with Crippen LogP contribution in [-0.4, -0.2) is 45.8 Å². The molecule has 0 unspecified atom stereocenters. The van der Waals surface area contributed by atoms with Gasteiger partial charge in [-0.05, 0) is 39.3 Å². The number of aliphatic hydroxyl groups excluding tert-OH is 2. The summed E-state index contributed by atoms with van der Waals surface area (Å²) in [5.41, 5.74) is 0. The molecule has 92 valence electrons. The molecule has 0 spiro atoms. The van der Waals surface area contributed by atoms with Crippen molar-refractivity contribution in [1.29, 1.82) is 0 Å². The van der Waals surface area contributed by atoms with Crippen molar-refractivity contribution in [2.24, 2.45) is 0 Å². The second kappa shape index (κ2) is 5.07. The zero-order valence-electron chi connectivity index (χ0n) is 10.6. The zero-order chi connectivity index (χ0) is 12.3. The minimum Gasteiger partial charge on any atom is -0.391 e. The van der Waals surface area contributed by atoms with E-state index in [9.17, 15) is 10.2 Å². The third kappa shape index (κ3) is 6.44. The fraction of sp³-hybridized carbons (Fsp3) is 1.00. The van der Waals surface area contributed by atoms with Crippen LogP contribution in [0, 0.1) is 0 Å². The molecule has 0 aliphatic rings. The van der Waals surface area contributed by atoms with Crippen molar-refractivity contribution < 1.29 is 19.1 Å². The Morgan fingerprint density at radius 3 is 1.20 bits per heavy atom. The maximum atomic E-state index is 9.34. The van der Waals surface area contributed by atoms with Gasteiger partial charge in [0.2, 0.25) is 0 Å². The maximum Gasteiger partial charge on any atom is 0.197 e. The first-order chi connectivity index (χ1) is 6.54. The SMILES string of the molecule is C[Si](C)(C)OC(CO)(CO)O[Si](C)(C)C. The van der Waals surface area contributed by atoms with Crippen LogP contribution in [0.25, 0.3) is 0 Å². The van der Waals surface area contributed by atoms with Crippen LogP contribution in [0.15, 0.2) is 0 Å². The predicted molar refractivity (Wildman–Crippen MR) is 65.8 cm³/mol. The summed E-state index contributed by atoms with van der Waals surface area (Å²) in [5, 5.41) is 18.7. The van der Waals surface area contributed by atoms with Crippen molar-refractivity contribution in [3.8, 4) is 0 Å². The van der Waals surface area contributed by atoms with Gasteiger partial charge in [-0.15, -0.1) is 0 Å². The van der Waals surface area contributed by atoms with Gasteiger partial charge in [-0.1, -0.05) is 0 Å². The van der Waals surface area contributed by atoms with Gasteiger partial charge >= 0.3 is 0 Å². The van der Waals surface area contributed by atoms with E-state index in [0.29, 0.717) is 0 Å². The second-order valence-electron chi connectivity index (χ2n) is 5.66. The minimum absolute atomic E-state index is 0.308. The summed E-state index contributed by atoms with van der Waals surface area (Å²) in [6.07, 6.45) is 0. The molecule has 0 aliphatic carbocycles. The quantitative estimate of drug-likeness (QED) is 0.554. The van der Waals surface area contributed by atoms with E-state index in [-0.39, 0.29) is 13.2 Å². The normalized spacial score (nSPS) is 14.4. The van der Waals surface area contributed by atoms with E-state index >= 15 is 0 Å². The topological polar surface area (TPSA) is 58.9 Å². The number of hydrogen-bond acceptors (Lipinski definition) is 4. The van der Waals surface area contributed by atoms with Crippen LogP contribution in [-0.2, 0) is 8.85 Å². The average Bonchev–Trinajstić information content (AvgIpc) is 1.98. The summed E-state index contributed by atoms with van der Waals surface area (Å²) >= 11 is 0. The smallest absolute Gasteiger partial charge is 0.197 e. The van der Waals surface area contributed by atoms with Crippen molar-refractivity contribution in [2.75, 3.05) is 13.2 Å². The fourth-order valence-electron chi connectivity index (χ4n) is 1.32. The first-order valence-corrected chi connectivity index (χ1v) is 12.0. The van der Waals surface area contributed by atoms with E-state index in [1.807, 2.05) is 39.3 Å². The molecule has 0 rings (SSSR count). The lowest BCUT2D eigenvalue weighted by Gasteiger charge is -2.40. The van der Waals surface area contributed by atoms with Gasteiger partial charge in [-0.25, -0.2) is 0 Å². The van der Waals surface area contributed by atoms with Gasteiger partial charge in [0, 0.05) is 0 Å². The predicted octanol–water partition coefficient (Wildman–Crippen LogP) is 1.37. The van der Waals surface area contributed by atoms with Crippen LogP contribution in [0.2, 0.25) is 39.3 Å². The Balaban J connectivity index is 4.74. The van der Waals surface area contributed by atoms with Crippen LogP contribution in [0.1, 0.15) is 0 Å². The Labute approximate surface area is 94.5 Å². The van der Waals surface area contributed by atoms with Gasteiger partial charge in [0.15, 0.2) is 22.4 Å². The third-order valence-corrected chi connectivity index (χ3v) is 3.43. The molecule has 2 N–H and O–H groups in total. The molecule has 15 heavy (non-hydrogen) atoms. The highest BCUT2D eigenvalue weighted by molar-refractivity contribution is 6.71. The van der Waals surface area contributed by atoms with Crippen molar-refractivity contribution in [2.45, 2.75) is 45.1 Å². The lowest BCUT2D eigenvalue weighted by Crippen LogP contribution is -2.54. The van der Waals surface area contributed by atoms with Gasteiger partial charge in [-0.2, -0.15) is 0 Å². The lowest BCUT2D eigenvalue weighted by atomic mass is 10.3. The van der Waals surface area contributed by atoms with Crippen LogP contribution in [0.5, 0.6) is 0 Å². The first kappa shape index (κ1) is 15.3. The molecule has 6 heteroatoms. The molecule has 0 amide bonds. The molecule has 0 radical (unpaired) electrons. The van der Waals surface area contributed by atoms with Crippen LogP contribution in [0.3, 0.4) is 0 Å². The molecule has 0 aliphatic heterocycles. The molecule has 0 fully saturated rings. The molecule has 0 aromatic rings. The first-order valence-electron chi connectivity index (χ1n) is 5.16. The highest BCUT2D eigenvalue weighted by Gasteiger charge is 2.39. The van der Waals surface area contributed by atoms with E-state index in [0.717, 1.165) is 0 Å². The average molecular weight is 252 g/mol. The molecule has 4 nitrogen and oxygen atoms in total. The van der Waals surface area contributed by atoms with Crippen LogP contribution >= 0.6 is 0 Å². The standard InChI is InChI=1S/C9H24O4Si2/c1-14(2,3)12-9(7-10,8-11)13-15(4,5)6/h10-11H,7-8H2,1-6H3. The molecule has 0 saturated carbocycles. The van der Waals surface area contributed by atoms with E-state index in [1.165, 1.54) is 0 Å². The summed E-state index contributed by atoms with van der Waals surface area (Å²) in [6, 6.07) is 0. The Morgan fingerprint density at radius 1 is 0.800 bits per heavy atom. The van der Waals surface area contributed by atoms with Gasteiger partial charge in [0.25, 0.3) is 0 Å². The molecule has 0 bridgehead atoms.